The summed E-state index contributed by atoms with van der Waals surface area (Å²) >= 11 is 0. The van der Waals surface area contributed by atoms with Gasteiger partial charge in [-0.25, -0.2) is 9.13 Å². The summed E-state index contributed by atoms with van der Waals surface area (Å²) in [6.45, 7) is 4.36. The van der Waals surface area contributed by atoms with Crippen LogP contribution in [0.1, 0.15) is 149 Å². The Morgan fingerprint density at radius 1 is 0.545 bits per heavy atom. The molecule has 33 heavy (non-hydrogen) atoms. The minimum absolute atomic E-state index is 0.524. The van der Waals surface area contributed by atoms with Crippen molar-refractivity contribution in [3.8, 4) is 0 Å². The van der Waals surface area contributed by atoms with Crippen LogP contribution < -0.4 is 0 Å². The second-order valence-corrected chi connectivity index (χ2v) is 12.5. The van der Waals surface area contributed by atoms with Gasteiger partial charge < -0.3 is 4.48 Å². The largest absolute Gasteiger partial charge is 0.378 e. The van der Waals surface area contributed by atoms with Gasteiger partial charge in [-0.15, -0.1) is 0 Å². The smallest absolute Gasteiger partial charge is 0.314 e. The lowest BCUT2D eigenvalue weighted by atomic mass is 9.99. The van der Waals surface area contributed by atoms with Gasteiger partial charge in [0, 0.05) is 12.8 Å². The Bertz CT molecular complexity index is 528. The average molecular weight is 485 g/mol. The van der Waals surface area contributed by atoms with Gasteiger partial charge in [-0.3, -0.25) is 0 Å². The molecule has 1 atom stereocenters. The SMILES string of the molecule is CCCCCC=CCCCCCCCCCCCCCCCC(CCC)(P(=O)=O)[N+](C)(C)C. The fourth-order valence-electron chi connectivity index (χ4n) is 4.99. The van der Waals surface area contributed by atoms with E-state index in [-0.39, 0.29) is 0 Å². The quantitative estimate of drug-likeness (QED) is 0.0591. The minimum atomic E-state index is -2.42. The van der Waals surface area contributed by atoms with Crippen LogP contribution in [0.25, 0.3) is 0 Å². The maximum atomic E-state index is 12.1. The summed E-state index contributed by atoms with van der Waals surface area (Å²) < 4.78 is 24.7. The van der Waals surface area contributed by atoms with Crippen molar-refractivity contribution in [2.75, 3.05) is 21.1 Å². The number of quaternary nitrogens is 1. The van der Waals surface area contributed by atoms with Gasteiger partial charge in [-0.2, -0.15) is 0 Å². The maximum Gasteiger partial charge on any atom is 0.378 e. The fourth-order valence-corrected chi connectivity index (χ4v) is 6.22. The summed E-state index contributed by atoms with van der Waals surface area (Å²) in [7, 11) is 3.69. The van der Waals surface area contributed by atoms with Crippen molar-refractivity contribution < 1.29 is 13.6 Å². The molecule has 0 radical (unpaired) electrons. The molecule has 0 amide bonds. The molecule has 0 saturated heterocycles. The van der Waals surface area contributed by atoms with Crippen LogP contribution in [0.4, 0.5) is 0 Å². The zero-order valence-corrected chi connectivity index (χ0v) is 24.1. The minimum Gasteiger partial charge on any atom is -0.314 e. The number of unbranched alkanes of at least 4 members (excludes halogenated alkanes) is 16. The summed E-state index contributed by atoms with van der Waals surface area (Å²) in [5.41, 5.74) is 0. The van der Waals surface area contributed by atoms with Crippen LogP contribution in [-0.2, 0) is 9.13 Å². The van der Waals surface area contributed by atoms with Gasteiger partial charge in [0.1, 0.15) is 0 Å². The van der Waals surface area contributed by atoms with Crippen LogP contribution >= 0.6 is 7.68 Å². The third-order valence-electron chi connectivity index (χ3n) is 7.33. The summed E-state index contributed by atoms with van der Waals surface area (Å²) in [4.78, 5) is 0. The molecule has 0 bridgehead atoms. The van der Waals surface area contributed by atoms with Gasteiger partial charge in [-0.05, 0) is 38.5 Å². The van der Waals surface area contributed by atoms with Crippen LogP contribution in [0.3, 0.4) is 0 Å². The summed E-state index contributed by atoms with van der Waals surface area (Å²) in [6, 6.07) is 0. The molecule has 4 heteroatoms. The Morgan fingerprint density at radius 3 is 1.30 bits per heavy atom. The predicted octanol–water partition coefficient (Wildman–Crippen LogP) is 10.3. The second-order valence-electron chi connectivity index (χ2n) is 11.1. The lowest BCUT2D eigenvalue weighted by molar-refractivity contribution is -0.908. The Kier molecular flexibility index (Phi) is 20.7. The Hall–Kier alpha value is -0.400. The topological polar surface area (TPSA) is 34.1 Å². The zero-order valence-electron chi connectivity index (χ0n) is 23.2. The number of rotatable bonds is 24. The highest BCUT2D eigenvalue weighted by molar-refractivity contribution is 7.32. The van der Waals surface area contributed by atoms with Gasteiger partial charge in [0.25, 0.3) is 0 Å². The molecule has 1 unspecified atom stereocenters. The molecular weight excluding hydrogens is 425 g/mol. The van der Waals surface area contributed by atoms with Gasteiger partial charge in [0.2, 0.25) is 5.28 Å². The van der Waals surface area contributed by atoms with E-state index in [1.807, 2.05) is 21.1 Å². The van der Waals surface area contributed by atoms with Crippen LogP contribution in [-0.4, -0.2) is 30.9 Å². The molecule has 0 aromatic carbocycles. The highest BCUT2D eigenvalue weighted by atomic mass is 31.1. The van der Waals surface area contributed by atoms with Crippen molar-refractivity contribution in [1.82, 2.24) is 0 Å². The standard InChI is InChI=1S/C29H59NO2P/c1-6-8-9-10-11-12-13-14-15-16-17-18-19-20-21-22-23-24-25-26-28-29(27-7-2,33(31)32)30(3,4)5/h11-12H,6-10,13-28H2,1-5H3/q+1. The highest BCUT2D eigenvalue weighted by Gasteiger charge is 2.47. The van der Waals surface area contributed by atoms with Crippen molar-refractivity contribution in [3.63, 3.8) is 0 Å². The predicted molar refractivity (Wildman–Crippen MR) is 147 cm³/mol. The van der Waals surface area contributed by atoms with Crippen molar-refractivity contribution in [3.05, 3.63) is 12.2 Å². The summed E-state index contributed by atoms with van der Waals surface area (Å²) in [5.74, 6) is 0. The molecule has 0 rings (SSSR count). The number of allylic oxidation sites excluding steroid dienone is 2. The third-order valence-corrected chi connectivity index (χ3v) is 9.05. The van der Waals surface area contributed by atoms with Gasteiger partial charge in [0.15, 0.2) is 0 Å². The van der Waals surface area contributed by atoms with E-state index in [0.717, 1.165) is 25.7 Å². The van der Waals surface area contributed by atoms with Crippen molar-refractivity contribution in [1.29, 1.82) is 0 Å². The third kappa shape index (κ3) is 16.0. The van der Waals surface area contributed by atoms with Gasteiger partial charge in [-0.1, -0.05) is 109 Å². The molecule has 0 N–H and O–H groups in total. The Labute approximate surface area is 208 Å². The van der Waals surface area contributed by atoms with Crippen molar-refractivity contribution >= 4 is 7.68 Å². The zero-order chi connectivity index (χ0) is 24.8. The highest BCUT2D eigenvalue weighted by Crippen LogP contribution is 2.44. The molecule has 0 saturated carbocycles. The van der Waals surface area contributed by atoms with Gasteiger partial charge >= 0.3 is 7.68 Å². The lowest BCUT2D eigenvalue weighted by Crippen LogP contribution is -2.53. The molecule has 0 heterocycles. The van der Waals surface area contributed by atoms with E-state index in [9.17, 15) is 9.13 Å². The van der Waals surface area contributed by atoms with Crippen molar-refractivity contribution in [2.24, 2.45) is 0 Å². The first-order valence-electron chi connectivity index (χ1n) is 14.4. The number of hydrogen-bond acceptors (Lipinski definition) is 2. The number of hydrogen-bond donors (Lipinski definition) is 0. The first kappa shape index (κ1) is 32.6. The normalized spacial score (nSPS) is 14.1. The molecule has 0 aromatic heterocycles. The molecule has 0 aliphatic carbocycles. The first-order valence-corrected chi connectivity index (χ1v) is 15.6. The van der Waals surface area contributed by atoms with E-state index in [1.165, 1.54) is 109 Å². The van der Waals surface area contributed by atoms with E-state index < -0.39 is 13.0 Å². The summed E-state index contributed by atoms with van der Waals surface area (Å²) in [6.07, 6.45) is 31.1. The van der Waals surface area contributed by atoms with E-state index in [1.54, 1.807) is 0 Å². The van der Waals surface area contributed by atoms with Gasteiger partial charge in [0.05, 0.1) is 21.1 Å². The number of nitrogens with zero attached hydrogens (tertiary/aromatic N) is 1. The molecule has 0 fully saturated rings. The molecular formula is C29H59NO2P+. The average Bonchev–Trinajstić information content (AvgIpc) is 2.76. The first-order chi connectivity index (χ1) is 15.8. The van der Waals surface area contributed by atoms with E-state index in [2.05, 4.69) is 26.0 Å². The van der Waals surface area contributed by atoms with Crippen LogP contribution in [0, 0.1) is 0 Å². The maximum absolute atomic E-state index is 12.1. The van der Waals surface area contributed by atoms with Crippen LogP contribution in [0.15, 0.2) is 12.2 Å². The summed E-state index contributed by atoms with van der Waals surface area (Å²) in [5, 5.41) is -0.588. The Balaban J connectivity index is 3.58. The second kappa shape index (κ2) is 20.9. The van der Waals surface area contributed by atoms with E-state index >= 15 is 0 Å². The van der Waals surface area contributed by atoms with E-state index in [4.69, 9.17) is 0 Å². The monoisotopic (exact) mass is 484 g/mol. The molecule has 0 aromatic rings. The molecule has 3 nitrogen and oxygen atoms in total. The van der Waals surface area contributed by atoms with Crippen LogP contribution in [0.2, 0.25) is 0 Å². The van der Waals surface area contributed by atoms with Crippen molar-refractivity contribution in [2.45, 2.75) is 154 Å². The molecule has 0 spiro atoms. The molecule has 0 aliphatic rings. The van der Waals surface area contributed by atoms with Crippen LogP contribution in [0.5, 0.6) is 0 Å². The fraction of sp³-hybridized carbons (Fsp3) is 0.931. The molecule has 196 valence electrons. The Morgan fingerprint density at radius 2 is 0.939 bits per heavy atom. The lowest BCUT2D eigenvalue weighted by Gasteiger charge is -2.41. The molecule has 0 aliphatic heterocycles. The van der Waals surface area contributed by atoms with E-state index in [0.29, 0.717) is 4.48 Å².